The van der Waals surface area contributed by atoms with Crippen LogP contribution >= 0.6 is 23.2 Å². The fourth-order valence-corrected chi connectivity index (χ4v) is 4.37. The third-order valence-corrected chi connectivity index (χ3v) is 6.70. The molecule has 0 bridgehead atoms. The Hall–Kier alpha value is -3.02. The van der Waals surface area contributed by atoms with Crippen molar-refractivity contribution in [3.63, 3.8) is 0 Å². The number of amides is 2. The van der Waals surface area contributed by atoms with Crippen molar-refractivity contribution in [2.75, 3.05) is 13.7 Å². The highest BCUT2D eigenvalue weighted by atomic mass is 35.5. The van der Waals surface area contributed by atoms with Crippen LogP contribution in [-0.2, 0) is 28.0 Å². The minimum atomic E-state index is -0.788. The van der Waals surface area contributed by atoms with Crippen LogP contribution in [0.3, 0.4) is 0 Å². The number of nitrogens with one attached hydrogen (secondary N) is 1. The predicted molar refractivity (Wildman–Crippen MR) is 146 cm³/mol. The highest BCUT2D eigenvalue weighted by Crippen LogP contribution is 2.28. The number of likely N-dealkylation sites (N-methyl/N-ethyl adjacent to an activating group) is 1. The van der Waals surface area contributed by atoms with E-state index in [1.807, 2.05) is 54.6 Å². The lowest BCUT2D eigenvalue weighted by atomic mass is 9.87. The van der Waals surface area contributed by atoms with E-state index in [9.17, 15) is 9.59 Å². The molecule has 0 aromatic heterocycles. The third-order valence-electron chi connectivity index (χ3n) is 5.99. The van der Waals surface area contributed by atoms with E-state index in [2.05, 4.69) is 26.1 Å². The second kappa shape index (κ2) is 12.3. The number of ether oxygens (including phenoxy) is 1. The molecule has 3 aromatic carbocycles. The van der Waals surface area contributed by atoms with Gasteiger partial charge in [0.15, 0.2) is 6.61 Å². The molecule has 0 aliphatic carbocycles. The van der Waals surface area contributed by atoms with Crippen LogP contribution in [0.15, 0.2) is 72.8 Å². The summed E-state index contributed by atoms with van der Waals surface area (Å²) < 4.78 is 5.84. The quantitative estimate of drug-likeness (QED) is 0.368. The lowest BCUT2D eigenvalue weighted by molar-refractivity contribution is -0.142. The smallest absolute Gasteiger partial charge is 0.261 e. The van der Waals surface area contributed by atoms with E-state index in [1.165, 1.54) is 10.5 Å². The summed E-state index contributed by atoms with van der Waals surface area (Å²) in [4.78, 5) is 28.1. The molecule has 190 valence electrons. The Bertz CT molecular complexity index is 1160. The van der Waals surface area contributed by atoms with E-state index >= 15 is 0 Å². The predicted octanol–water partition coefficient (Wildman–Crippen LogP) is 6.06. The van der Waals surface area contributed by atoms with Crippen LogP contribution < -0.4 is 10.1 Å². The van der Waals surface area contributed by atoms with Gasteiger partial charge in [0.25, 0.3) is 5.91 Å². The molecule has 0 saturated carbocycles. The highest BCUT2D eigenvalue weighted by Gasteiger charge is 2.31. The molecule has 0 saturated heterocycles. The number of nitrogens with zero attached hydrogens (tertiary/aromatic N) is 1. The zero-order valence-electron chi connectivity index (χ0n) is 21.1. The van der Waals surface area contributed by atoms with Gasteiger partial charge in [-0.25, -0.2) is 0 Å². The van der Waals surface area contributed by atoms with E-state index in [4.69, 9.17) is 27.9 Å². The fraction of sp³-hybridized carbons (Fsp3) is 0.310. The van der Waals surface area contributed by atoms with Crippen molar-refractivity contribution in [1.82, 2.24) is 10.2 Å². The molecule has 0 unspecified atom stereocenters. The maximum atomic E-state index is 13.6. The third kappa shape index (κ3) is 7.25. The molecule has 0 fully saturated rings. The molecule has 0 radical (unpaired) electrons. The van der Waals surface area contributed by atoms with Crippen LogP contribution in [0.25, 0.3) is 0 Å². The largest absolute Gasteiger partial charge is 0.484 e. The van der Waals surface area contributed by atoms with Crippen molar-refractivity contribution in [2.24, 2.45) is 0 Å². The van der Waals surface area contributed by atoms with Crippen molar-refractivity contribution < 1.29 is 14.3 Å². The van der Waals surface area contributed by atoms with Gasteiger partial charge in [0.05, 0.1) is 0 Å². The number of hydrogen-bond donors (Lipinski definition) is 1. The molecule has 3 aromatic rings. The Morgan fingerprint density at radius 2 is 1.53 bits per heavy atom. The van der Waals surface area contributed by atoms with Crippen molar-refractivity contribution in [3.8, 4) is 5.75 Å². The van der Waals surface area contributed by atoms with Crippen molar-refractivity contribution in [1.29, 1.82) is 0 Å². The Morgan fingerprint density at radius 1 is 0.917 bits per heavy atom. The van der Waals surface area contributed by atoms with Crippen molar-refractivity contribution in [2.45, 2.75) is 45.2 Å². The first kappa shape index (κ1) is 27.6. The van der Waals surface area contributed by atoms with Gasteiger partial charge in [-0.3, -0.25) is 9.59 Å². The molecule has 36 heavy (non-hydrogen) atoms. The highest BCUT2D eigenvalue weighted by molar-refractivity contribution is 6.36. The van der Waals surface area contributed by atoms with Gasteiger partial charge in [-0.05, 0) is 40.8 Å². The van der Waals surface area contributed by atoms with Gasteiger partial charge in [-0.2, -0.15) is 0 Å². The summed E-state index contributed by atoms with van der Waals surface area (Å²) in [5.41, 5.74) is 2.68. The molecule has 3 rings (SSSR count). The number of carbonyl (C=O) groups excluding carboxylic acids is 2. The van der Waals surface area contributed by atoms with Crippen LogP contribution in [0.2, 0.25) is 10.0 Å². The Balaban J connectivity index is 1.89. The number of benzene rings is 3. The second-order valence-corrected chi connectivity index (χ2v) is 10.4. The summed E-state index contributed by atoms with van der Waals surface area (Å²) in [5.74, 6) is -0.0630. The van der Waals surface area contributed by atoms with Crippen LogP contribution in [0.5, 0.6) is 5.75 Å². The van der Waals surface area contributed by atoms with Crippen molar-refractivity contribution >= 4 is 35.0 Å². The molecule has 2 amide bonds. The van der Waals surface area contributed by atoms with Crippen LogP contribution in [-0.4, -0.2) is 36.4 Å². The molecular weight excluding hydrogens is 495 g/mol. The molecular formula is C29H32Cl2N2O3. The molecule has 7 heteroatoms. The van der Waals surface area contributed by atoms with Crippen LogP contribution in [0.1, 0.15) is 37.5 Å². The monoisotopic (exact) mass is 526 g/mol. The molecule has 0 spiro atoms. The lowest BCUT2D eigenvalue weighted by Gasteiger charge is -2.31. The summed E-state index contributed by atoms with van der Waals surface area (Å²) >= 11 is 12.9. The van der Waals surface area contributed by atoms with Gasteiger partial charge in [-0.15, -0.1) is 0 Å². The van der Waals surface area contributed by atoms with Gasteiger partial charge in [0, 0.05) is 35.6 Å². The van der Waals surface area contributed by atoms with E-state index in [1.54, 1.807) is 25.2 Å². The van der Waals surface area contributed by atoms with Gasteiger partial charge < -0.3 is 15.0 Å². The Morgan fingerprint density at radius 3 is 2.08 bits per heavy atom. The number of carbonyl (C=O) groups is 2. The maximum Gasteiger partial charge on any atom is 0.261 e. The first-order chi connectivity index (χ1) is 17.1. The van der Waals surface area contributed by atoms with Gasteiger partial charge >= 0.3 is 0 Å². The summed E-state index contributed by atoms with van der Waals surface area (Å²) in [6.45, 7) is 6.23. The van der Waals surface area contributed by atoms with E-state index < -0.39 is 6.04 Å². The number of hydrogen-bond acceptors (Lipinski definition) is 3. The normalized spacial score (nSPS) is 12.1. The van der Waals surface area contributed by atoms with E-state index in [0.717, 1.165) is 5.56 Å². The summed E-state index contributed by atoms with van der Waals surface area (Å²) in [6, 6.07) is 21.6. The second-order valence-electron chi connectivity index (χ2n) is 9.60. The van der Waals surface area contributed by atoms with Gasteiger partial charge in [-0.1, -0.05) is 92.5 Å². The summed E-state index contributed by atoms with van der Waals surface area (Å²) in [5, 5.41) is 3.54. The zero-order chi connectivity index (χ0) is 26.3. The number of halogens is 2. The average Bonchev–Trinajstić information content (AvgIpc) is 2.86. The SMILES string of the molecule is CNC(=O)[C@H](Cc1ccccc1)N(Cc1c(Cl)cccc1Cl)C(=O)COc1ccc(C(C)(C)C)cc1. The summed E-state index contributed by atoms with van der Waals surface area (Å²) in [7, 11) is 1.55. The molecule has 0 aliphatic rings. The zero-order valence-corrected chi connectivity index (χ0v) is 22.6. The molecule has 1 atom stereocenters. The first-order valence-corrected chi connectivity index (χ1v) is 12.6. The average molecular weight is 527 g/mol. The fourth-order valence-electron chi connectivity index (χ4n) is 3.85. The van der Waals surface area contributed by atoms with Crippen LogP contribution in [0.4, 0.5) is 0 Å². The van der Waals surface area contributed by atoms with Crippen molar-refractivity contribution in [3.05, 3.63) is 99.5 Å². The Labute approximate surface area is 223 Å². The van der Waals surface area contributed by atoms with E-state index in [-0.39, 0.29) is 30.4 Å². The first-order valence-electron chi connectivity index (χ1n) is 11.8. The number of rotatable bonds is 9. The van der Waals surface area contributed by atoms with Crippen LogP contribution in [0, 0.1) is 0 Å². The lowest BCUT2D eigenvalue weighted by Crippen LogP contribution is -2.51. The molecule has 5 nitrogen and oxygen atoms in total. The molecule has 0 heterocycles. The topological polar surface area (TPSA) is 58.6 Å². The minimum Gasteiger partial charge on any atom is -0.484 e. The van der Waals surface area contributed by atoms with E-state index in [0.29, 0.717) is 27.8 Å². The standard InChI is InChI=1S/C29H32Cl2N2O3/c1-29(2,3)21-13-15-22(16-14-21)36-19-27(34)33(18-23-24(30)11-8-12-25(23)31)26(28(35)32-4)17-20-9-6-5-7-10-20/h5-16,26H,17-19H2,1-4H3,(H,32,35)/t26-/m0/s1. The summed E-state index contributed by atoms with van der Waals surface area (Å²) in [6.07, 6.45) is 0.328. The Kier molecular flexibility index (Phi) is 9.41. The maximum absolute atomic E-state index is 13.6. The molecule has 0 aliphatic heterocycles. The molecule has 1 N–H and O–H groups in total. The van der Waals surface area contributed by atoms with Gasteiger partial charge in [0.1, 0.15) is 11.8 Å². The minimum absolute atomic E-state index is 0.0115. The van der Waals surface area contributed by atoms with Gasteiger partial charge in [0.2, 0.25) is 5.91 Å².